The van der Waals surface area contributed by atoms with Crippen LogP contribution in [0.5, 0.6) is 0 Å². The molecule has 0 unspecified atom stereocenters. The van der Waals surface area contributed by atoms with Crippen LogP contribution in [-0.4, -0.2) is 34.3 Å². The van der Waals surface area contributed by atoms with Gasteiger partial charge >= 0.3 is 5.97 Å². The summed E-state index contributed by atoms with van der Waals surface area (Å²) in [5.74, 6) is -0.365. The standard InChI is InChI=1S/C9H12N2O3/c1-14-7-6-11-5-4-10-8(11)2-3-9(12)13/h2-5H,6-7H2,1H3,(H,12,13)/b3-2+. The Morgan fingerprint density at radius 3 is 3.21 bits per heavy atom. The summed E-state index contributed by atoms with van der Waals surface area (Å²) in [6.07, 6.45) is 5.92. The van der Waals surface area contributed by atoms with E-state index in [1.165, 1.54) is 6.08 Å². The lowest BCUT2D eigenvalue weighted by Crippen LogP contribution is -2.05. The SMILES string of the molecule is COCCn1ccnc1/C=C/C(=O)O. The fourth-order valence-corrected chi connectivity index (χ4v) is 1.00. The molecule has 0 fully saturated rings. The summed E-state index contributed by atoms with van der Waals surface area (Å²) in [6.45, 7) is 1.24. The van der Waals surface area contributed by atoms with Crippen LogP contribution in [0.4, 0.5) is 0 Å². The van der Waals surface area contributed by atoms with Gasteiger partial charge in [0.25, 0.3) is 0 Å². The second-order valence-corrected chi connectivity index (χ2v) is 2.64. The maximum atomic E-state index is 10.3. The van der Waals surface area contributed by atoms with Crippen molar-refractivity contribution in [1.82, 2.24) is 9.55 Å². The molecule has 0 saturated carbocycles. The Morgan fingerprint density at radius 2 is 2.57 bits per heavy atom. The Kier molecular flexibility index (Phi) is 3.87. The zero-order valence-electron chi connectivity index (χ0n) is 7.88. The van der Waals surface area contributed by atoms with E-state index < -0.39 is 5.97 Å². The largest absolute Gasteiger partial charge is 0.478 e. The summed E-state index contributed by atoms with van der Waals surface area (Å²) in [5, 5.41) is 8.43. The van der Waals surface area contributed by atoms with Crippen LogP contribution in [-0.2, 0) is 16.1 Å². The fraction of sp³-hybridized carbons (Fsp3) is 0.333. The average Bonchev–Trinajstić information content (AvgIpc) is 2.58. The summed E-state index contributed by atoms with van der Waals surface area (Å²) in [4.78, 5) is 14.3. The van der Waals surface area contributed by atoms with Crippen molar-refractivity contribution in [2.45, 2.75) is 6.54 Å². The average molecular weight is 196 g/mol. The highest BCUT2D eigenvalue weighted by Gasteiger charge is 1.98. The van der Waals surface area contributed by atoms with Gasteiger partial charge in [-0.1, -0.05) is 0 Å². The first-order chi connectivity index (χ1) is 6.74. The molecule has 76 valence electrons. The minimum atomic E-state index is -0.980. The van der Waals surface area contributed by atoms with Crippen molar-refractivity contribution in [1.29, 1.82) is 0 Å². The van der Waals surface area contributed by atoms with Crippen LogP contribution in [0.1, 0.15) is 5.82 Å². The van der Waals surface area contributed by atoms with Gasteiger partial charge in [0.1, 0.15) is 5.82 Å². The number of hydrogen-bond donors (Lipinski definition) is 1. The minimum absolute atomic E-state index is 0.574. The van der Waals surface area contributed by atoms with E-state index in [1.54, 1.807) is 19.5 Å². The van der Waals surface area contributed by atoms with Crippen molar-refractivity contribution in [3.63, 3.8) is 0 Å². The minimum Gasteiger partial charge on any atom is -0.478 e. The van der Waals surface area contributed by atoms with Crippen LogP contribution in [0.15, 0.2) is 18.5 Å². The Balaban J connectivity index is 2.67. The van der Waals surface area contributed by atoms with E-state index in [0.29, 0.717) is 19.0 Å². The smallest absolute Gasteiger partial charge is 0.328 e. The lowest BCUT2D eigenvalue weighted by molar-refractivity contribution is -0.131. The van der Waals surface area contributed by atoms with Crippen LogP contribution in [0.3, 0.4) is 0 Å². The number of aliphatic carboxylic acids is 1. The van der Waals surface area contributed by atoms with Crippen molar-refractivity contribution in [2.75, 3.05) is 13.7 Å². The highest BCUT2D eigenvalue weighted by atomic mass is 16.5. The van der Waals surface area contributed by atoms with Crippen LogP contribution in [0.2, 0.25) is 0 Å². The van der Waals surface area contributed by atoms with E-state index in [-0.39, 0.29) is 0 Å². The maximum Gasteiger partial charge on any atom is 0.328 e. The second kappa shape index (κ2) is 5.18. The van der Waals surface area contributed by atoms with Crippen molar-refractivity contribution in [3.8, 4) is 0 Å². The van der Waals surface area contributed by atoms with Crippen LogP contribution < -0.4 is 0 Å². The zero-order valence-corrected chi connectivity index (χ0v) is 7.88. The van der Waals surface area contributed by atoms with Crippen molar-refractivity contribution < 1.29 is 14.6 Å². The third kappa shape index (κ3) is 3.02. The van der Waals surface area contributed by atoms with Gasteiger partial charge < -0.3 is 14.4 Å². The van der Waals surface area contributed by atoms with Crippen molar-refractivity contribution in [2.24, 2.45) is 0 Å². The molecule has 1 aromatic heterocycles. The first-order valence-corrected chi connectivity index (χ1v) is 4.15. The van der Waals surface area contributed by atoms with Gasteiger partial charge in [-0.15, -0.1) is 0 Å². The van der Waals surface area contributed by atoms with Crippen LogP contribution in [0.25, 0.3) is 6.08 Å². The van der Waals surface area contributed by atoms with Crippen LogP contribution in [0, 0.1) is 0 Å². The number of hydrogen-bond acceptors (Lipinski definition) is 3. The van der Waals surface area contributed by atoms with Gasteiger partial charge in [-0.25, -0.2) is 9.78 Å². The Morgan fingerprint density at radius 1 is 1.79 bits per heavy atom. The summed E-state index contributed by atoms with van der Waals surface area (Å²) in [6, 6.07) is 0. The first-order valence-electron chi connectivity index (χ1n) is 4.15. The number of aromatic nitrogens is 2. The van der Waals surface area contributed by atoms with Gasteiger partial charge in [-0.3, -0.25) is 0 Å². The topological polar surface area (TPSA) is 64.4 Å². The van der Waals surface area contributed by atoms with Gasteiger partial charge in [-0.05, 0) is 6.08 Å². The van der Waals surface area contributed by atoms with E-state index in [9.17, 15) is 4.79 Å². The molecule has 0 aliphatic rings. The normalized spacial score (nSPS) is 10.9. The number of carboxylic acid groups (broad SMARTS) is 1. The third-order valence-corrected chi connectivity index (χ3v) is 1.66. The Labute approximate surface area is 81.6 Å². The molecule has 0 spiro atoms. The number of ether oxygens (including phenoxy) is 1. The summed E-state index contributed by atoms with van der Waals surface area (Å²) < 4.78 is 6.73. The lowest BCUT2D eigenvalue weighted by atomic mass is 10.4. The fourth-order valence-electron chi connectivity index (χ4n) is 1.00. The number of methoxy groups -OCH3 is 1. The van der Waals surface area contributed by atoms with E-state index in [4.69, 9.17) is 9.84 Å². The molecule has 0 radical (unpaired) electrons. The molecule has 5 nitrogen and oxygen atoms in total. The van der Waals surface area contributed by atoms with Gasteiger partial charge in [0.15, 0.2) is 0 Å². The predicted molar refractivity (Wildman–Crippen MR) is 50.8 cm³/mol. The maximum absolute atomic E-state index is 10.3. The molecule has 0 aliphatic carbocycles. The molecule has 1 heterocycles. The van der Waals surface area contributed by atoms with E-state index in [1.807, 2.05) is 4.57 Å². The molecular weight excluding hydrogens is 184 g/mol. The predicted octanol–water partition coefficient (Wildman–Crippen LogP) is 0.627. The quantitative estimate of drug-likeness (QED) is 0.701. The zero-order chi connectivity index (χ0) is 10.4. The molecule has 0 amide bonds. The molecule has 5 heteroatoms. The molecule has 0 saturated heterocycles. The van der Waals surface area contributed by atoms with Crippen molar-refractivity contribution in [3.05, 3.63) is 24.3 Å². The first kappa shape index (κ1) is 10.5. The summed E-state index contributed by atoms with van der Waals surface area (Å²) in [5.41, 5.74) is 0. The Hall–Kier alpha value is -1.62. The highest BCUT2D eigenvalue weighted by Crippen LogP contribution is 2.00. The lowest BCUT2D eigenvalue weighted by Gasteiger charge is -2.02. The molecule has 0 aromatic carbocycles. The molecular formula is C9H12N2O3. The van der Waals surface area contributed by atoms with E-state index in [0.717, 1.165) is 6.08 Å². The van der Waals surface area contributed by atoms with Gasteiger partial charge in [0.05, 0.1) is 6.61 Å². The summed E-state index contributed by atoms with van der Waals surface area (Å²) in [7, 11) is 1.61. The second-order valence-electron chi connectivity index (χ2n) is 2.64. The molecule has 1 rings (SSSR count). The summed E-state index contributed by atoms with van der Waals surface area (Å²) >= 11 is 0. The number of imidazole rings is 1. The van der Waals surface area contributed by atoms with Gasteiger partial charge in [-0.2, -0.15) is 0 Å². The molecule has 1 aromatic rings. The van der Waals surface area contributed by atoms with Gasteiger partial charge in [0, 0.05) is 32.1 Å². The monoisotopic (exact) mass is 196 g/mol. The number of carbonyl (C=O) groups is 1. The number of rotatable bonds is 5. The molecule has 0 aliphatic heterocycles. The van der Waals surface area contributed by atoms with E-state index >= 15 is 0 Å². The van der Waals surface area contributed by atoms with Crippen molar-refractivity contribution >= 4 is 12.0 Å². The highest BCUT2D eigenvalue weighted by molar-refractivity contribution is 5.84. The Bertz CT molecular complexity index is 331. The van der Waals surface area contributed by atoms with E-state index in [2.05, 4.69) is 4.98 Å². The number of nitrogens with zero attached hydrogens (tertiary/aromatic N) is 2. The molecule has 0 atom stereocenters. The van der Waals surface area contributed by atoms with Gasteiger partial charge in [0.2, 0.25) is 0 Å². The number of carboxylic acids is 1. The third-order valence-electron chi connectivity index (χ3n) is 1.66. The molecule has 1 N–H and O–H groups in total. The van der Waals surface area contributed by atoms with Crippen LogP contribution >= 0.6 is 0 Å². The molecule has 14 heavy (non-hydrogen) atoms. The molecule has 0 bridgehead atoms.